The summed E-state index contributed by atoms with van der Waals surface area (Å²) in [7, 11) is 0. The fourth-order valence-electron chi connectivity index (χ4n) is 3.07. The standard InChI is InChI=1S/C19H18N4O3/c1-3-22-13(2)16(14-8-4-6-10-17(14)22)12-20-21-19(24)15-9-5-7-11-18(15)23(25)26/h4-12H,3H2,1-2H3,(H,21,24)/b20-12-. The Morgan fingerprint density at radius 3 is 2.65 bits per heavy atom. The second-order valence-corrected chi connectivity index (χ2v) is 5.73. The second-order valence-electron chi connectivity index (χ2n) is 5.73. The Balaban J connectivity index is 1.88. The molecule has 1 amide bonds. The molecule has 1 N–H and O–H groups in total. The van der Waals surface area contributed by atoms with Gasteiger partial charge < -0.3 is 4.57 Å². The summed E-state index contributed by atoms with van der Waals surface area (Å²) in [6, 6.07) is 13.7. The van der Waals surface area contributed by atoms with Gasteiger partial charge >= 0.3 is 0 Å². The molecule has 26 heavy (non-hydrogen) atoms. The molecule has 0 aliphatic rings. The predicted molar refractivity (Wildman–Crippen MR) is 101 cm³/mol. The number of carbonyl (C=O) groups is 1. The summed E-state index contributed by atoms with van der Waals surface area (Å²) in [6.07, 6.45) is 1.58. The van der Waals surface area contributed by atoms with E-state index in [9.17, 15) is 14.9 Å². The topological polar surface area (TPSA) is 89.5 Å². The molecule has 0 spiro atoms. The van der Waals surface area contributed by atoms with Crippen LogP contribution in [0, 0.1) is 17.0 Å². The minimum atomic E-state index is -0.620. The number of aromatic nitrogens is 1. The highest BCUT2D eigenvalue weighted by atomic mass is 16.6. The number of rotatable bonds is 5. The lowest BCUT2D eigenvalue weighted by Gasteiger charge is -2.03. The fourth-order valence-corrected chi connectivity index (χ4v) is 3.07. The number of hydrazone groups is 1. The number of carbonyl (C=O) groups excluding carboxylic acids is 1. The monoisotopic (exact) mass is 350 g/mol. The van der Waals surface area contributed by atoms with Gasteiger partial charge in [-0.1, -0.05) is 30.3 Å². The summed E-state index contributed by atoms with van der Waals surface area (Å²) >= 11 is 0. The van der Waals surface area contributed by atoms with Crippen LogP contribution >= 0.6 is 0 Å². The zero-order valence-corrected chi connectivity index (χ0v) is 14.5. The number of nitrogens with one attached hydrogen (secondary N) is 1. The number of amides is 1. The van der Waals surface area contributed by atoms with Crippen LogP contribution in [0.2, 0.25) is 0 Å². The molecule has 0 radical (unpaired) electrons. The molecule has 0 aliphatic carbocycles. The molecule has 0 aliphatic heterocycles. The van der Waals surface area contributed by atoms with Crippen LogP contribution in [0.15, 0.2) is 53.6 Å². The molecule has 3 aromatic rings. The molecule has 0 fully saturated rings. The van der Waals surface area contributed by atoms with Crippen molar-refractivity contribution in [2.45, 2.75) is 20.4 Å². The lowest BCUT2D eigenvalue weighted by molar-refractivity contribution is -0.385. The zero-order chi connectivity index (χ0) is 18.7. The van der Waals surface area contributed by atoms with Gasteiger partial charge in [0.15, 0.2) is 0 Å². The van der Waals surface area contributed by atoms with Crippen molar-refractivity contribution in [1.82, 2.24) is 9.99 Å². The maximum atomic E-state index is 12.2. The molecule has 7 nitrogen and oxygen atoms in total. The van der Waals surface area contributed by atoms with Gasteiger partial charge in [0.25, 0.3) is 11.6 Å². The minimum absolute atomic E-state index is 0.0256. The first-order valence-electron chi connectivity index (χ1n) is 8.19. The van der Waals surface area contributed by atoms with Gasteiger partial charge in [-0.15, -0.1) is 0 Å². The summed E-state index contributed by atoms with van der Waals surface area (Å²) in [5, 5.41) is 16.1. The maximum Gasteiger partial charge on any atom is 0.282 e. The van der Waals surface area contributed by atoms with Crippen LogP contribution < -0.4 is 5.43 Å². The molecule has 1 heterocycles. The Morgan fingerprint density at radius 2 is 1.92 bits per heavy atom. The average molecular weight is 350 g/mol. The van der Waals surface area contributed by atoms with E-state index in [1.807, 2.05) is 31.2 Å². The maximum absolute atomic E-state index is 12.2. The molecule has 0 bridgehead atoms. The van der Waals surface area contributed by atoms with Gasteiger partial charge in [-0.05, 0) is 26.0 Å². The molecule has 1 aromatic heterocycles. The van der Waals surface area contributed by atoms with Crippen LogP contribution in [0.25, 0.3) is 10.9 Å². The molecule has 0 unspecified atom stereocenters. The lowest BCUT2D eigenvalue weighted by Crippen LogP contribution is -2.19. The van der Waals surface area contributed by atoms with Gasteiger partial charge in [0.05, 0.1) is 11.1 Å². The van der Waals surface area contributed by atoms with Crippen molar-refractivity contribution in [3.05, 3.63) is 75.5 Å². The largest absolute Gasteiger partial charge is 0.344 e. The average Bonchev–Trinajstić information content (AvgIpc) is 2.92. The highest BCUT2D eigenvalue weighted by Gasteiger charge is 2.18. The molecule has 0 saturated carbocycles. The van der Waals surface area contributed by atoms with Crippen LogP contribution in [0.3, 0.4) is 0 Å². The molecule has 3 rings (SSSR count). The van der Waals surface area contributed by atoms with Crippen molar-refractivity contribution in [2.75, 3.05) is 0 Å². The first kappa shape index (κ1) is 17.3. The van der Waals surface area contributed by atoms with E-state index in [4.69, 9.17) is 0 Å². The van der Waals surface area contributed by atoms with E-state index in [1.165, 1.54) is 18.2 Å². The first-order chi connectivity index (χ1) is 12.5. The van der Waals surface area contributed by atoms with Crippen molar-refractivity contribution >= 4 is 28.7 Å². The smallest absolute Gasteiger partial charge is 0.282 e. The van der Waals surface area contributed by atoms with Gasteiger partial charge in [0.1, 0.15) is 5.56 Å². The van der Waals surface area contributed by atoms with E-state index < -0.39 is 10.8 Å². The highest BCUT2D eigenvalue weighted by molar-refractivity contribution is 6.02. The quantitative estimate of drug-likeness (QED) is 0.433. The number of fused-ring (bicyclic) bond motifs is 1. The molecular formula is C19H18N4O3. The van der Waals surface area contributed by atoms with E-state index in [-0.39, 0.29) is 11.3 Å². The number of nitro benzene ring substituents is 1. The summed E-state index contributed by atoms with van der Waals surface area (Å²) in [5.74, 6) is -0.620. The molecule has 0 saturated heterocycles. The van der Waals surface area contributed by atoms with Gasteiger partial charge in [0.2, 0.25) is 0 Å². The van der Waals surface area contributed by atoms with E-state index in [1.54, 1.807) is 12.3 Å². The van der Waals surface area contributed by atoms with Crippen molar-refractivity contribution < 1.29 is 9.72 Å². The van der Waals surface area contributed by atoms with E-state index in [0.717, 1.165) is 28.7 Å². The SMILES string of the molecule is CCn1c(C)c(/C=N\NC(=O)c2ccccc2[N+](=O)[O-])c2ccccc21. The minimum Gasteiger partial charge on any atom is -0.344 e. The van der Waals surface area contributed by atoms with Gasteiger partial charge in [-0.3, -0.25) is 14.9 Å². The van der Waals surface area contributed by atoms with E-state index >= 15 is 0 Å². The third-order valence-electron chi connectivity index (χ3n) is 4.30. The molecule has 132 valence electrons. The molecule has 2 aromatic carbocycles. The first-order valence-corrected chi connectivity index (χ1v) is 8.19. The molecule has 7 heteroatoms. The number of hydrogen-bond acceptors (Lipinski definition) is 4. The van der Waals surface area contributed by atoms with Crippen LogP contribution in [-0.2, 0) is 6.54 Å². The predicted octanol–water partition coefficient (Wildman–Crippen LogP) is 3.64. The Kier molecular flexibility index (Phi) is 4.79. The highest BCUT2D eigenvalue weighted by Crippen LogP contribution is 2.24. The van der Waals surface area contributed by atoms with Crippen molar-refractivity contribution in [1.29, 1.82) is 0 Å². The lowest BCUT2D eigenvalue weighted by atomic mass is 10.1. The van der Waals surface area contributed by atoms with E-state index in [2.05, 4.69) is 22.0 Å². The number of benzene rings is 2. The number of para-hydroxylation sites is 2. The van der Waals surface area contributed by atoms with Gasteiger partial charge in [-0.25, -0.2) is 5.43 Å². The number of nitrogens with zero attached hydrogens (tertiary/aromatic N) is 3. The molecule has 0 atom stereocenters. The number of aryl methyl sites for hydroxylation is 1. The van der Waals surface area contributed by atoms with Gasteiger partial charge in [0, 0.05) is 34.8 Å². The van der Waals surface area contributed by atoms with Gasteiger partial charge in [-0.2, -0.15) is 5.10 Å². The van der Waals surface area contributed by atoms with E-state index in [0.29, 0.717) is 0 Å². The zero-order valence-electron chi connectivity index (χ0n) is 14.5. The number of hydrogen-bond donors (Lipinski definition) is 1. The Bertz CT molecular complexity index is 1020. The Hall–Kier alpha value is -3.48. The van der Waals surface area contributed by atoms with Crippen LogP contribution in [0.5, 0.6) is 0 Å². The number of nitro groups is 1. The van der Waals surface area contributed by atoms with Crippen LogP contribution in [0.1, 0.15) is 28.5 Å². The Labute approximate surface area is 150 Å². The van der Waals surface area contributed by atoms with Crippen molar-refractivity contribution in [3.8, 4) is 0 Å². The fraction of sp³-hybridized carbons (Fsp3) is 0.158. The summed E-state index contributed by atoms with van der Waals surface area (Å²) in [6.45, 7) is 4.88. The van der Waals surface area contributed by atoms with Crippen molar-refractivity contribution in [3.63, 3.8) is 0 Å². The Morgan fingerprint density at radius 1 is 1.23 bits per heavy atom. The van der Waals surface area contributed by atoms with Crippen molar-refractivity contribution in [2.24, 2.45) is 5.10 Å². The summed E-state index contributed by atoms with van der Waals surface area (Å²) in [4.78, 5) is 22.7. The summed E-state index contributed by atoms with van der Waals surface area (Å²) < 4.78 is 2.17. The second kappa shape index (κ2) is 7.18. The van der Waals surface area contributed by atoms with Crippen LogP contribution in [-0.4, -0.2) is 21.6 Å². The normalized spacial score (nSPS) is 11.2. The summed E-state index contributed by atoms with van der Waals surface area (Å²) in [5.41, 5.74) is 5.15. The van der Waals surface area contributed by atoms with Crippen LogP contribution in [0.4, 0.5) is 5.69 Å². The third-order valence-corrected chi connectivity index (χ3v) is 4.30. The third kappa shape index (κ3) is 3.06. The molecular weight excluding hydrogens is 332 g/mol.